The molecule has 0 aliphatic heterocycles. The van der Waals surface area contributed by atoms with E-state index in [9.17, 15) is 4.79 Å². The smallest absolute Gasteiger partial charge is 0.253 e. The molecule has 5 nitrogen and oxygen atoms in total. The predicted octanol–water partition coefficient (Wildman–Crippen LogP) is 4.59. The van der Waals surface area contributed by atoms with Crippen molar-refractivity contribution in [1.29, 1.82) is 0 Å². The molecule has 0 aliphatic carbocycles. The highest BCUT2D eigenvalue weighted by atomic mass is 16.5. The fourth-order valence-electron chi connectivity index (χ4n) is 2.80. The molecule has 5 heteroatoms. The Hall–Kier alpha value is -3.60. The van der Waals surface area contributed by atoms with Gasteiger partial charge in [0.1, 0.15) is 5.75 Å². The van der Waals surface area contributed by atoms with E-state index in [2.05, 4.69) is 21.4 Å². The van der Waals surface area contributed by atoms with Crippen LogP contribution in [0.2, 0.25) is 0 Å². The van der Waals surface area contributed by atoms with Crippen molar-refractivity contribution in [3.8, 4) is 11.6 Å². The summed E-state index contributed by atoms with van der Waals surface area (Å²) in [6.45, 7) is 2.48. The number of aromatic nitrogens is 2. The number of nitrogens with zero attached hydrogens (tertiary/aromatic N) is 1. The summed E-state index contributed by atoms with van der Waals surface area (Å²) >= 11 is 0. The van der Waals surface area contributed by atoms with Gasteiger partial charge in [0.05, 0.1) is 5.56 Å². The van der Waals surface area contributed by atoms with Crippen LogP contribution in [0.25, 0.3) is 10.9 Å². The van der Waals surface area contributed by atoms with Crippen LogP contribution in [0, 0.1) is 6.92 Å². The maximum atomic E-state index is 12.3. The average molecular weight is 357 g/mol. The summed E-state index contributed by atoms with van der Waals surface area (Å²) in [7, 11) is 0. The quantitative estimate of drug-likeness (QED) is 0.549. The SMILES string of the molecule is Cc1ccc(Oc2ccc(C(=O)NCc3ccc4[nH]ccc4c3)cn2)cc1. The Kier molecular flexibility index (Phi) is 4.58. The Morgan fingerprint density at radius 2 is 1.93 bits per heavy atom. The lowest BCUT2D eigenvalue weighted by atomic mass is 10.1. The number of amides is 1. The van der Waals surface area contributed by atoms with E-state index in [-0.39, 0.29) is 5.91 Å². The Balaban J connectivity index is 1.37. The summed E-state index contributed by atoms with van der Waals surface area (Å²) in [6, 6.07) is 19.2. The molecule has 134 valence electrons. The van der Waals surface area contributed by atoms with Crippen LogP contribution in [0.15, 0.2) is 73.1 Å². The topological polar surface area (TPSA) is 67.0 Å². The van der Waals surface area contributed by atoms with Crippen molar-refractivity contribution in [2.24, 2.45) is 0 Å². The number of rotatable bonds is 5. The molecule has 0 radical (unpaired) electrons. The summed E-state index contributed by atoms with van der Waals surface area (Å²) in [4.78, 5) is 19.7. The van der Waals surface area contributed by atoms with Crippen LogP contribution in [0.1, 0.15) is 21.5 Å². The van der Waals surface area contributed by atoms with Gasteiger partial charge in [-0.25, -0.2) is 4.98 Å². The lowest BCUT2D eigenvalue weighted by Gasteiger charge is -2.07. The molecule has 4 aromatic rings. The van der Waals surface area contributed by atoms with Crippen LogP contribution in [0.3, 0.4) is 0 Å². The molecule has 0 aliphatic rings. The number of aromatic amines is 1. The molecule has 0 atom stereocenters. The third-order valence-electron chi connectivity index (χ3n) is 4.31. The number of pyridine rings is 1. The van der Waals surface area contributed by atoms with Crippen LogP contribution in [-0.2, 0) is 6.54 Å². The number of benzene rings is 2. The standard InChI is InChI=1S/C22H19N3O2/c1-15-2-6-19(7-3-15)27-21-9-5-18(14-24-21)22(26)25-13-16-4-8-20-17(12-16)10-11-23-20/h2-12,14,23H,13H2,1H3,(H,25,26). The molecule has 2 heterocycles. The molecule has 0 bridgehead atoms. The number of carbonyl (C=O) groups excluding carboxylic acids is 1. The summed E-state index contributed by atoms with van der Waals surface area (Å²) in [5, 5.41) is 4.04. The van der Waals surface area contributed by atoms with E-state index in [0.717, 1.165) is 22.0 Å². The van der Waals surface area contributed by atoms with Gasteiger partial charge in [0.25, 0.3) is 5.91 Å². The molecule has 0 fully saturated rings. The van der Waals surface area contributed by atoms with Gasteiger partial charge in [-0.05, 0) is 54.3 Å². The minimum absolute atomic E-state index is 0.168. The van der Waals surface area contributed by atoms with Crippen molar-refractivity contribution in [3.05, 3.63) is 89.7 Å². The Labute approximate surface area is 157 Å². The number of hydrogen-bond donors (Lipinski definition) is 2. The molecule has 4 rings (SSSR count). The van der Waals surface area contributed by atoms with Gasteiger partial charge in [-0.2, -0.15) is 0 Å². The van der Waals surface area contributed by atoms with E-state index in [1.54, 1.807) is 12.1 Å². The first-order valence-electron chi connectivity index (χ1n) is 8.72. The zero-order chi connectivity index (χ0) is 18.6. The average Bonchev–Trinajstić information content (AvgIpc) is 3.16. The van der Waals surface area contributed by atoms with Crippen LogP contribution < -0.4 is 10.1 Å². The van der Waals surface area contributed by atoms with Crippen molar-refractivity contribution < 1.29 is 9.53 Å². The molecule has 27 heavy (non-hydrogen) atoms. The van der Waals surface area contributed by atoms with E-state index in [0.29, 0.717) is 23.7 Å². The van der Waals surface area contributed by atoms with Gasteiger partial charge in [-0.3, -0.25) is 4.79 Å². The molecule has 2 N–H and O–H groups in total. The zero-order valence-corrected chi connectivity index (χ0v) is 14.9. The van der Waals surface area contributed by atoms with Gasteiger partial charge in [0.2, 0.25) is 5.88 Å². The van der Waals surface area contributed by atoms with Gasteiger partial charge < -0.3 is 15.0 Å². The maximum Gasteiger partial charge on any atom is 0.253 e. The normalized spacial score (nSPS) is 10.7. The molecular formula is C22H19N3O2. The Bertz CT molecular complexity index is 1070. The molecule has 0 unspecified atom stereocenters. The first kappa shape index (κ1) is 16.8. The minimum Gasteiger partial charge on any atom is -0.439 e. The number of carbonyl (C=O) groups is 1. The van der Waals surface area contributed by atoms with Gasteiger partial charge in [0, 0.05) is 30.5 Å². The lowest BCUT2D eigenvalue weighted by molar-refractivity contribution is 0.0950. The Morgan fingerprint density at radius 3 is 2.70 bits per heavy atom. The number of ether oxygens (including phenoxy) is 1. The molecule has 1 amide bonds. The van der Waals surface area contributed by atoms with Crippen LogP contribution in [0.5, 0.6) is 11.6 Å². The van der Waals surface area contributed by atoms with E-state index in [4.69, 9.17) is 4.74 Å². The monoisotopic (exact) mass is 357 g/mol. The highest BCUT2D eigenvalue weighted by molar-refractivity contribution is 5.94. The first-order chi connectivity index (χ1) is 13.2. The van der Waals surface area contributed by atoms with Crippen LogP contribution >= 0.6 is 0 Å². The number of H-pyrrole nitrogens is 1. The van der Waals surface area contributed by atoms with Crippen LogP contribution in [-0.4, -0.2) is 15.9 Å². The summed E-state index contributed by atoms with van der Waals surface area (Å²) in [5.41, 5.74) is 3.79. The summed E-state index contributed by atoms with van der Waals surface area (Å²) in [5.74, 6) is 0.998. The number of nitrogens with one attached hydrogen (secondary N) is 2. The fourth-order valence-corrected chi connectivity index (χ4v) is 2.80. The summed E-state index contributed by atoms with van der Waals surface area (Å²) < 4.78 is 5.68. The van der Waals surface area contributed by atoms with E-state index < -0.39 is 0 Å². The third-order valence-corrected chi connectivity index (χ3v) is 4.31. The second-order valence-electron chi connectivity index (χ2n) is 6.38. The lowest BCUT2D eigenvalue weighted by Crippen LogP contribution is -2.22. The first-order valence-corrected chi connectivity index (χ1v) is 8.72. The van der Waals surface area contributed by atoms with E-state index in [1.807, 2.05) is 55.6 Å². The fraction of sp³-hybridized carbons (Fsp3) is 0.0909. The Morgan fingerprint density at radius 1 is 1.07 bits per heavy atom. The van der Waals surface area contributed by atoms with Gasteiger partial charge in [-0.1, -0.05) is 23.8 Å². The van der Waals surface area contributed by atoms with Gasteiger partial charge in [0.15, 0.2) is 0 Å². The van der Waals surface area contributed by atoms with E-state index >= 15 is 0 Å². The van der Waals surface area contributed by atoms with Crippen molar-refractivity contribution in [2.45, 2.75) is 13.5 Å². The third kappa shape index (κ3) is 3.98. The maximum absolute atomic E-state index is 12.3. The molecule has 2 aromatic carbocycles. The number of aryl methyl sites for hydroxylation is 1. The highest BCUT2D eigenvalue weighted by Crippen LogP contribution is 2.20. The molecule has 2 aromatic heterocycles. The molecule has 0 saturated heterocycles. The predicted molar refractivity (Wildman–Crippen MR) is 105 cm³/mol. The van der Waals surface area contributed by atoms with E-state index in [1.165, 1.54) is 6.20 Å². The van der Waals surface area contributed by atoms with Gasteiger partial charge in [-0.15, -0.1) is 0 Å². The van der Waals surface area contributed by atoms with Gasteiger partial charge >= 0.3 is 0 Å². The zero-order valence-electron chi connectivity index (χ0n) is 14.9. The molecule has 0 spiro atoms. The highest BCUT2D eigenvalue weighted by Gasteiger charge is 2.07. The largest absolute Gasteiger partial charge is 0.439 e. The van der Waals surface area contributed by atoms with Crippen molar-refractivity contribution >= 4 is 16.8 Å². The summed E-state index contributed by atoms with van der Waals surface area (Å²) in [6.07, 6.45) is 3.42. The van der Waals surface area contributed by atoms with Crippen molar-refractivity contribution in [1.82, 2.24) is 15.3 Å². The second-order valence-corrected chi connectivity index (χ2v) is 6.38. The minimum atomic E-state index is -0.168. The number of fused-ring (bicyclic) bond motifs is 1. The van der Waals surface area contributed by atoms with Crippen molar-refractivity contribution in [3.63, 3.8) is 0 Å². The molecular weight excluding hydrogens is 338 g/mol. The van der Waals surface area contributed by atoms with Crippen molar-refractivity contribution in [2.75, 3.05) is 0 Å². The second kappa shape index (κ2) is 7.33. The molecule has 0 saturated carbocycles. The van der Waals surface area contributed by atoms with Crippen LogP contribution in [0.4, 0.5) is 0 Å². The number of hydrogen-bond acceptors (Lipinski definition) is 3.